The van der Waals surface area contributed by atoms with Gasteiger partial charge in [-0.15, -0.1) is 10.2 Å². The third-order valence-corrected chi connectivity index (χ3v) is 4.52. The zero-order valence-corrected chi connectivity index (χ0v) is 11.4. The summed E-state index contributed by atoms with van der Waals surface area (Å²) in [5, 5.41) is 14.3. The van der Waals surface area contributed by atoms with Crippen LogP contribution in [0.4, 0.5) is 0 Å². The highest BCUT2D eigenvalue weighted by atomic mass is 35.6. The van der Waals surface area contributed by atoms with Crippen LogP contribution in [0.1, 0.15) is 19.8 Å². The van der Waals surface area contributed by atoms with Crippen LogP contribution in [0.5, 0.6) is 0 Å². The molecule has 0 aromatic heterocycles. The molecule has 9 heteroatoms. The molecule has 0 aromatic carbocycles. The lowest BCUT2D eigenvalue weighted by Gasteiger charge is -2.36. The SMILES string of the molecule is CCCC1(C(Cl)(Cl)C(Cl)(Cl)Cl)N=NN=N1. The Morgan fingerprint density at radius 3 is 1.80 bits per heavy atom. The van der Waals surface area contributed by atoms with Gasteiger partial charge in [-0.1, -0.05) is 71.3 Å². The fourth-order valence-electron chi connectivity index (χ4n) is 1.17. The molecule has 0 atom stereocenters. The average molecular weight is 312 g/mol. The lowest BCUT2D eigenvalue weighted by atomic mass is 10.0. The lowest BCUT2D eigenvalue weighted by Crippen LogP contribution is -2.50. The van der Waals surface area contributed by atoms with Gasteiger partial charge in [-0.2, -0.15) is 0 Å². The number of alkyl halides is 5. The molecule has 86 valence electrons. The van der Waals surface area contributed by atoms with E-state index in [1.54, 1.807) is 0 Å². The fourth-order valence-corrected chi connectivity index (χ4v) is 1.96. The van der Waals surface area contributed by atoms with Gasteiger partial charge in [0, 0.05) is 0 Å². The molecule has 4 nitrogen and oxygen atoms in total. The maximum absolute atomic E-state index is 6.02. The maximum atomic E-state index is 6.02. The largest absolute Gasteiger partial charge is 0.232 e. The molecule has 0 N–H and O–H groups in total. The molecule has 15 heavy (non-hydrogen) atoms. The summed E-state index contributed by atoms with van der Waals surface area (Å²) in [4.78, 5) is 0. The zero-order chi connectivity index (χ0) is 11.7. The molecule has 1 aliphatic rings. The first-order chi connectivity index (χ1) is 6.77. The summed E-state index contributed by atoms with van der Waals surface area (Å²) in [5.74, 6) is 0. The predicted molar refractivity (Wildman–Crippen MR) is 62.1 cm³/mol. The Balaban J connectivity index is 3.11. The standard InChI is InChI=1S/C6H7Cl5N4/c1-2-3-4(12-14-15-13-4)5(7,8)6(9,10)11/h2-3H2,1H3. The highest BCUT2D eigenvalue weighted by Crippen LogP contribution is 2.56. The summed E-state index contributed by atoms with van der Waals surface area (Å²) >= 11 is 29.1. The summed E-state index contributed by atoms with van der Waals surface area (Å²) in [6.07, 6.45) is 1.08. The lowest BCUT2D eigenvalue weighted by molar-refractivity contribution is 0.358. The molecule has 1 rings (SSSR count). The number of rotatable bonds is 3. The van der Waals surface area contributed by atoms with E-state index in [1.165, 1.54) is 0 Å². The molecular formula is C6H7Cl5N4. The first-order valence-corrected chi connectivity index (χ1v) is 5.94. The van der Waals surface area contributed by atoms with Crippen LogP contribution in [0.15, 0.2) is 20.7 Å². The van der Waals surface area contributed by atoms with Crippen LogP contribution in [0.3, 0.4) is 0 Å². The van der Waals surface area contributed by atoms with Gasteiger partial charge in [-0.25, -0.2) is 0 Å². The van der Waals surface area contributed by atoms with Gasteiger partial charge in [0.2, 0.25) is 13.8 Å². The minimum atomic E-state index is -1.94. The van der Waals surface area contributed by atoms with Crippen LogP contribution in [-0.2, 0) is 0 Å². The Bertz CT molecular complexity index is 282. The van der Waals surface area contributed by atoms with Crippen LogP contribution >= 0.6 is 58.0 Å². The maximum Gasteiger partial charge on any atom is 0.232 e. The van der Waals surface area contributed by atoms with Gasteiger partial charge in [0.15, 0.2) is 0 Å². The summed E-state index contributed by atoms with van der Waals surface area (Å²) in [7, 11) is 0. The Hall–Kier alpha value is 0.650. The Kier molecular flexibility index (Phi) is 4.11. The van der Waals surface area contributed by atoms with Gasteiger partial charge in [0.1, 0.15) is 0 Å². The minimum Gasteiger partial charge on any atom is -0.131 e. The van der Waals surface area contributed by atoms with E-state index in [9.17, 15) is 0 Å². The molecule has 0 aliphatic carbocycles. The summed E-state index contributed by atoms with van der Waals surface area (Å²) in [5.41, 5.74) is -1.32. The molecule has 0 saturated heterocycles. The Morgan fingerprint density at radius 2 is 1.47 bits per heavy atom. The molecule has 0 saturated carbocycles. The van der Waals surface area contributed by atoms with Crippen molar-refractivity contribution in [2.24, 2.45) is 20.7 Å². The second-order valence-electron chi connectivity index (χ2n) is 3.02. The Morgan fingerprint density at radius 1 is 1.00 bits per heavy atom. The minimum absolute atomic E-state index is 0.390. The normalized spacial score (nSPS) is 19.9. The van der Waals surface area contributed by atoms with Gasteiger partial charge in [0.05, 0.1) is 0 Å². The van der Waals surface area contributed by atoms with Crippen molar-refractivity contribution in [2.45, 2.75) is 33.6 Å². The second kappa shape index (κ2) is 4.49. The fraction of sp³-hybridized carbons (Fsp3) is 1.00. The van der Waals surface area contributed by atoms with Crippen molar-refractivity contribution in [2.75, 3.05) is 0 Å². The molecule has 0 fully saturated rings. The van der Waals surface area contributed by atoms with E-state index in [4.69, 9.17) is 58.0 Å². The number of nitrogens with zero attached hydrogens (tertiary/aromatic N) is 4. The van der Waals surface area contributed by atoms with Gasteiger partial charge in [-0.3, -0.25) is 0 Å². The van der Waals surface area contributed by atoms with E-state index < -0.39 is 13.8 Å². The monoisotopic (exact) mass is 310 g/mol. The van der Waals surface area contributed by atoms with Gasteiger partial charge in [-0.05, 0) is 16.9 Å². The van der Waals surface area contributed by atoms with Crippen molar-refractivity contribution in [3.63, 3.8) is 0 Å². The summed E-state index contributed by atoms with van der Waals surface area (Å²) in [6, 6.07) is 0. The van der Waals surface area contributed by atoms with Gasteiger partial charge < -0.3 is 0 Å². The Labute approximate surface area is 112 Å². The molecular weight excluding hydrogens is 305 g/mol. The van der Waals surface area contributed by atoms with E-state index >= 15 is 0 Å². The van der Waals surface area contributed by atoms with E-state index in [1.807, 2.05) is 6.92 Å². The molecule has 0 radical (unpaired) electrons. The zero-order valence-electron chi connectivity index (χ0n) is 7.59. The van der Waals surface area contributed by atoms with Crippen LogP contribution in [0.25, 0.3) is 0 Å². The first kappa shape index (κ1) is 13.7. The number of halogens is 5. The van der Waals surface area contributed by atoms with Crippen LogP contribution in [-0.4, -0.2) is 13.8 Å². The number of hydrogen-bond donors (Lipinski definition) is 0. The first-order valence-electron chi connectivity index (χ1n) is 4.05. The van der Waals surface area contributed by atoms with Crippen molar-refractivity contribution in [1.82, 2.24) is 0 Å². The quantitative estimate of drug-likeness (QED) is 0.668. The molecule has 1 heterocycles. The van der Waals surface area contributed by atoms with Crippen LogP contribution in [0.2, 0.25) is 0 Å². The third kappa shape index (κ3) is 2.34. The molecule has 0 spiro atoms. The van der Waals surface area contributed by atoms with Gasteiger partial charge >= 0.3 is 0 Å². The third-order valence-electron chi connectivity index (χ3n) is 1.92. The highest BCUT2D eigenvalue weighted by molar-refractivity contribution is 6.75. The topological polar surface area (TPSA) is 49.4 Å². The van der Waals surface area contributed by atoms with Gasteiger partial charge in [0.25, 0.3) is 0 Å². The molecule has 0 unspecified atom stereocenters. The van der Waals surface area contributed by atoms with E-state index in [0.29, 0.717) is 12.8 Å². The van der Waals surface area contributed by atoms with E-state index in [-0.39, 0.29) is 0 Å². The van der Waals surface area contributed by atoms with Crippen molar-refractivity contribution >= 4 is 58.0 Å². The summed E-state index contributed by atoms with van der Waals surface area (Å²) < 4.78 is -3.75. The molecule has 0 aromatic rings. The van der Waals surface area contributed by atoms with Crippen LogP contribution in [0, 0.1) is 0 Å². The van der Waals surface area contributed by atoms with E-state index in [2.05, 4.69) is 20.7 Å². The molecule has 0 amide bonds. The predicted octanol–water partition coefficient (Wildman–Crippen LogP) is 4.86. The van der Waals surface area contributed by atoms with Crippen molar-refractivity contribution in [1.29, 1.82) is 0 Å². The number of hydrogen-bond acceptors (Lipinski definition) is 4. The molecule has 0 bridgehead atoms. The highest BCUT2D eigenvalue weighted by Gasteiger charge is 2.63. The van der Waals surface area contributed by atoms with Crippen molar-refractivity contribution in [3.05, 3.63) is 0 Å². The van der Waals surface area contributed by atoms with Crippen molar-refractivity contribution < 1.29 is 0 Å². The average Bonchev–Trinajstić information content (AvgIpc) is 2.53. The molecule has 1 aliphatic heterocycles. The second-order valence-corrected chi connectivity index (χ2v) is 6.63. The van der Waals surface area contributed by atoms with Crippen LogP contribution < -0.4 is 0 Å². The van der Waals surface area contributed by atoms with Crippen molar-refractivity contribution in [3.8, 4) is 0 Å². The smallest absolute Gasteiger partial charge is 0.131 e. The summed E-state index contributed by atoms with van der Waals surface area (Å²) in [6.45, 7) is 1.90. The van der Waals surface area contributed by atoms with E-state index in [0.717, 1.165) is 0 Å².